The number of nitrogens with zero attached hydrogens (tertiary/aromatic N) is 1. The maximum absolute atomic E-state index is 12.5. The van der Waals surface area contributed by atoms with Gasteiger partial charge < -0.3 is 15.4 Å². The predicted molar refractivity (Wildman–Crippen MR) is 73.5 cm³/mol. The SMILES string of the molecule is CCCC(C)(N)C(=O)N1CCCCC1C(=O)OCC. The van der Waals surface area contributed by atoms with Gasteiger partial charge in [0.05, 0.1) is 12.1 Å². The fourth-order valence-corrected chi connectivity index (χ4v) is 2.61. The number of hydrogen-bond donors (Lipinski definition) is 1. The molecule has 0 spiro atoms. The van der Waals surface area contributed by atoms with E-state index >= 15 is 0 Å². The number of amides is 1. The van der Waals surface area contributed by atoms with Crippen molar-refractivity contribution in [3.05, 3.63) is 0 Å². The summed E-state index contributed by atoms with van der Waals surface area (Å²) >= 11 is 0. The monoisotopic (exact) mass is 270 g/mol. The van der Waals surface area contributed by atoms with E-state index in [9.17, 15) is 9.59 Å². The lowest BCUT2D eigenvalue weighted by atomic mass is 9.92. The Morgan fingerprint density at radius 2 is 2.05 bits per heavy atom. The number of likely N-dealkylation sites (tertiary alicyclic amines) is 1. The third-order valence-corrected chi connectivity index (χ3v) is 3.58. The lowest BCUT2D eigenvalue weighted by Crippen LogP contribution is -2.59. The minimum atomic E-state index is -0.892. The maximum Gasteiger partial charge on any atom is 0.328 e. The van der Waals surface area contributed by atoms with Crippen LogP contribution in [0.25, 0.3) is 0 Å². The van der Waals surface area contributed by atoms with Gasteiger partial charge in [0.15, 0.2) is 0 Å². The number of ether oxygens (including phenoxy) is 1. The molecule has 2 atom stereocenters. The van der Waals surface area contributed by atoms with Gasteiger partial charge in [0, 0.05) is 6.54 Å². The molecule has 0 aromatic rings. The highest BCUT2D eigenvalue weighted by atomic mass is 16.5. The molecule has 19 heavy (non-hydrogen) atoms. The third-order valence-electron chi connectivity index (χ3n) is 3.58. The first kappa shape index (κ1) is 16.0. The number of carbonyl (C=O) groups excluding carboxylic acids is 2. The van der Waals surface area contributed by atoms with Crippen molar-refractivity contribution in [2.45, 2.75) is 64.5 Å². The van der Waals surface area contributed by atoms with Crippen LogP contribution in [0.3, 0.4) is 0 Å². The van der Waals surface area contributed by atoms with Crippen molar-refractivity contribution in [3.8, 4) is 0 Å². The zero-order valence-electron chi connectivity index (χ0n) is 12.3. The molecule has 1 heterocycles. The van der Waals surface area contributed by atoms with E-state index < -0.39 is 11.6 Å². The largest absolute Gasteiger partial charge is 0.464 e. The Morgan fingerprint density at radius 3 is 2.63 bits per heavy atom. The Kier molecular flexibility index (Phi) is 5.79. The fraction of sp³-hybridized carbons (Fsp3) is 0.857. The van der Waals surface area contributed by atoms with Crippen molar-refractivity contribution in [2.75, 3.05) is 13.2 Å². The fourth-order valence-electron chi connectivity index (χ4n) is 2.61. The number of esters is 1. The first-order chi connectivity index (χ1) is 8.94. The van der Waals surface area contributed by atoms with Crippen LogP contribution in [-0.2, 0) is 14.3 Å². The Hall–Kier alpha value is -1.10. The van der Waals surface area contributed by atoms with Gasteiger partial charge in [-0.3, -0.25) is 4.79 Å². The van der Waals surface area contributed by atoms with E-state index in [2.05, 4.69) is 0 Å². The number of piperidine rings is 1. The molecule has 1 fully saturated rings. The predicted octanol–water partition coefficient (Wildman–Crippen LogP) is 1.45. The van der Waals surface area contributed by atoms with Crippen molar-refractivity contribution in [2.24, 2.45) is 5.73 Å². The Bertz CT molecular complexity index is 329. The zero-order valence-corrected chi connectivity index (χ0v) is 12.3. The van der Waals surface area contributed by atoms with Crippen molar-refractivity contribution in [1.29, 1.82) is 0 Å². The molecule has 0 radical (unpaired) electrons. The van der Waals surface area contributed by atoms with Crippen LogP contribution in [0.5, 0.6) is 0 Å². The van der Waals surface area contributed by atoms with Gasteiger partial charge in [-0.2, -0.15) is 0 Å². The second-order valence-corrected chi connectivity index (χ2v) is 5.43. The van der Waals surface area contributed by atoms with Crippen LogP contribution < -0.4 is 5.73 Å². The second kappa shape index (κ2) is 6.89. The number of hydrogen-bond acceptors (Lipinski definition) is 4. The van der Waals surface area contributed by atoms with Gasteiger partial charge in [-0.25, -0.2) is 4.79 Å². The Balaban J connectivity index is 2.82. The van der Waals surface area contributed by atoms with Gasteiger partial charge in [0.2, 0.25) is 5.91 Å². The smallest absolute Gasteiger partial charge is 0.328 e. The average molecular weight is 270 g/mol. The molecule has 5 heteroatoms. The zero-order chi connectivity index (χ0) is 14.5. The highest BCUT2D eigenvalue weighted by Gasteiger charge is 2.39. The number of carbonyl (C=O) groups is 2. The molecule has 1 aliphatic rings. The van der Waals surface area contributed by atoms with Crippen molar-refractivity contribution in [1.82, 2.24) is 4.90 Å². The summed E-state index contributed by atoms with van der Waals surface area (Å²) < 4.78 is 5.06. The molecule has 1 aliphatic heterocycles. The minimum absolute atomic E-state index is 0.132. The molecule has 0 bridgehead atoms. The van der Waals surface area contributed by atoms with E-state index in [-0.39, 0.29) is 11.9 Å². The summed E-state index contributed by atoms with van der Waals surface area (Å²) in [6.07, 6.45) is 4.01. The second-order valence-electron chi connectivity index (χ2n) is 5.43. The van der Waals surface area contributed by atoms with Crippen molar-refractivity contribution >= 4 is 11.9 Å². The lowest BCUT2D eigenvalue weighted by molar-refractivity contribution is -0.158. The van der Waals surface area contributed by atoms with Crippen LogP contribution in [0, 0.1) is 0 Å². The quantitative estimate of drug-likeness (QED) is 0.767. The summed E-state index contributed by atoms with van der Waals surface area (Å²) in [5.41, 5.74) is 5.20. The maximum atomic E-state index is 12.5. The molecule has 0 aliphatic carbocycles. The van der Waals surface area contributed by atoms with Crippen molar-refractivity contribution in [3.63, 3.8) is 0 Å². The van der Waals surface area contributed by atoms with Crippen LogP contribution in [0.4, 0.5) is 0 Å². The molecule has 2 N–H and O–H groups in total. The normalized spacial score (nSPS) is 22.7. The molecule has 1 rings (SSSR count). The van der Waals surface area contributed by atoms with Crippen LogP contribution in [-0.4, -0.2) is 41.5 Å². The third kappa shape index (κ3) is 3.93. The van der Waals surface area contributed by atoms with Gasteiger partial charge in [0.1, 0.15) is 6.04 Å². The summed E-state index contributed by atoms with van der Waals surface area (Å²) in [6.45, 7) is 6.45. The number of rotatable bonds is 5. The van der Waals surface area contributed by atoms with Crippen LogP contribution in [0.1, 0.15) is 52.9 Å². The highest BCUT2D eigenvalue weighted by molar-refractivity contribution is 5.90. The average Bonchev–Trinajstić information content (AvgIpc) is 2.38. The first-order valence-electron chi connectivity index (χ1n) is 7.20. The molecule has 0 aromatic carbocycles. The Labute approximate surface area is 115 Å². The van der Waals surface area contributed by atoms with Gasteiger partial charge >= 0.3 is 5.97 Å². The van der Waals surface area contributed by atoms with Crippen LogP contribution in [0.15, 0.2) is 0 Å². The molecule has 1 saturated heterocycles. The summed E-state index contributed by atoms with van der Waals surface area (Å²) in [5.74, 6) is -0.435. The molecule has 0 saturated carbocycles. The van der Waals surface area contributed by atoms with E-state index in [1.807, 2.05) is 6.92 Å². The molecule has 2 unspecified atom stereocenters. The topological polar surface area (TPSA) is 72.6 Å². The minimum Gasteiger partial charge on any atom is -0.464 e. The summed E-state index contributed by atoms with van der Waals surface area (Å²) in [5, 5.41) is 0. The lowest BCUT2D eigenvalue weighted by Gasteiger charge is -2.38. The van der Waals surface area contributed by atoms with Crippen LogP contribution in [0.2, 0.25) is 0 Å². The molecule has 1 amide bonds. The van der Waals surface area contributed by atoms with Gasteiger partial charge in [0.25, 0.3) is 0 Å². The van der Waals surface area contributed by atoms with Gasteiger partial charge in [-0.15, -0.1) is 0 Å². The molecule has 110 valence electrons. The standard InChI is InChI=1S/C14H26N2O3/c1-4-9-14(3,15)13(18)16-10-7-6-8-11(16)12(17)19-5-2/h11H,4-10,15H2,1-3H3. The summed E-state index contributed by atoms with van der Waals surface area (Å²) in [6, 6.07) is -0.457. The summed E-state index contributed by atoms with van der Waals surface area (Å²) in [7, 11) is 0. The molecule has 0 aromatic heterocycles. The number of nitrogens with two attached hydrogens (primary N) is 1. The van der Waals surface area contributed by atoms with Crippen LogP contribution >= 0.6 is 0 Å². The van der Waals surface area contributed by atoms with E-state index in [0.29, 0.717) is 26.0 Å². The van der Waals surface area contributed by atoms with Gasteiger partial charge in [-0.1, -0.05) is 13.3 Å². The molecular weight excluding hydrogens is 244 g/mol. The van der Waals surface area contributed by atoms with E-state index in [1.165, 1.54) is 0 Å². The summed E-state index contributed by atoms with van der Waals surface area (Å²) in [4.78, 5) is 26.1. The van der Waals surface area contributed by atoms with Gasteiger partial charge in [-0.05, 0) is 39.5 Å². The molecule has 5 nitrogen and oxygen atoms in total. The van der Waals surface area contributed by atoms with E-state index in [4.69, 9.17) is 10.5 Å². The Morgan fingerprint density at radius 1 is 1.37 bits per heavy atom. The molecular formula is C14H26N2O3. The van der Waals surface area contributed by atoms with E-state index in [1.54, 1.807) is 18.7 Å². The van der Waals surface area contributed by atoms with Crippen molar-refractivity contribution < 1.29 is 14.3 Å². The first-order valence-corrected chi connectivity index (χ1v) is 7.20. The highest BCUT2D eigenvalue weighted by Crippen LogP contribution is 2.23. The van der Waals surface area contributed by atoms with E-state index in [0.717, 1.165) is 19.3 Å².